The Balaban J connectivity index is 2.21. The van der Waals surface area contributed by atoms with Crippen LogP contribution in [0.25, 0.3) is 5.57 Å². The highest BCUT2D eigenvalue weighted by Gasteiger charge is 2.46. The van der Waals surface area contributed by atoms with Crippen LogP contribution in [0.4, 0.5) is 22.0 Å². The van der Waals surface area contributed by atoms with E-state index in [0.717, 1.165) is 11.1 Å². The molecule has 2 aromatic rings. The lowest BCUT2D eigenvalue weighted by atomic mass is 9.81. The highest BCUT2D eigenvalue weighted by Crippen LogP contribution is 2.42. The van der Waals surface area contributed by atoms with Gasteiger partial charge in [-0.3, -0.25) is 9.89 Å². The van der Waals surface area contributed by atoms with E-state index >= 15 is 0 Å². The van der Waals surface area contributed by atoms with Gasteiger partial charge in [-0.1, -0.05) is 25.4 Å². The minimum atomic E-state index is -4.85. The van der Waals surface area contributed by atoms with E-state index in [-0.39, 0.29) is 23.4 Å². The summed E-state index contributed by atoms with van der Waals surface area (Å²) in [6.45, 7) is 5.56. The molecule has 1 amide bonds. The van der Waals surface area contributed by atoms with Gasteiger partial charge in [0.05, 0.1) is 22.4 Å². The van der Waals surface area contributed by atoms with Gasteiger partial charge in [0.2, 0.25) is 0 Å². The van der Waals surface area contributed by atoms with E-state index in [1.54, 1.807) is 0 Å². The molecule has 0 radical (unpaired) electrons. The smallest absolute Gasteiger partial charge is 0.435 e. The maximum absolute atomic E-state index is 13.8. The number of aromatic amines is 1. The first-order valence-electron chi connectivity index (χ1n) is 9.68. The first-order valence-corrected chi connectivity index (χ1v) is 10.1. The number of carbonyl (C=O) groups is 2. The third-order valence-electron chi connectivity index (χ3n) is 4.90. The molecule has 1 aromatic heterocycles. The van der Waals surface area contributed by atoms with Crippen LogP contribution in [-0.4, -0.2) is 39.6 Å². The normalized spacial score (nSPS) is 15.7. The summed E-state index contributed by atoms with van der Waals surface area (Å²) in [6, 6.07) is 1.19. The molecule has 1 aliphatic rings. The summed E-state index contributed by atoms with van der Waals surface area (Å²) >= 11 is 5.92. The van der Waals surface area contributed by atoms with Gasteiger partial charge in [-0.25, -0.2) is 13.6 Å². The van der Waals surface area contributed by atoms with Gasteiger partial charge in [0.1, 0.15) is 5.57 Å². The molecule has 3 rings (SSSR count). The molecular weight excluding hydrogens is 473 g/mol. The van der Waals surface area contributed by atoms with Crippen LogP contribution in [0.1, 0.15) is 55.0 Å². The number of fused-ring (bicyclic) bond motifs is 1. The van der Waals surface area contributed by atoms with Crippen LogP contribution < -0.4 is 0 Å². The fraction of sp³-hybridized carbons (Fsp3) is 0.381. The lowest BCUT2D eigenvalue weighted by molar-refractivity contribution is -0.142. The Morgan fingerprint density at radius 3 is 2.39 bits per heavy atom. The van der Waals surface area contributed by atoms with Gasteiger partial charge in [0, 0.05) is 23.7 Å². The largest absolute Gasteiger partial charge is 0.459 e. The number of rotatable bonds is 3. The summed E-state index contributed by atoms with van der Waals surface area (Å²) in [6.07, 6.45) is -4.47. The first kappa shape index (κ1) is 24.7. The van der Waals surface area contributed by atoms with E-state index in [1.807, 2.05) is 0 Å². The van der Waals surface area contributed by atoms with Crippen molar-refractivity contribution in [2.45, 2.75) is 45.4 Å². The average Bonchev–Trinajstić information content (AvgIpc) is 3.08. The maximum atomic E-state index is 13.8. The van der Waals surface area contributed by atoms with Crippen LogP contribution in [-0.2, 0) is 21.1 Å². The number of amides is 1. The van der Waals surface area contributed by atoms with Crippen LogP contribution >= 0.6 is 11.6 Å². The molecule has 33 heavy (non-hydrogen) atoms. The van der Waals surface area contributed by atoms with Crippen molar-refractivity contribution in [2.75, 3.05) is 6.54 Å². The molecule has 0 saturated heterocycles. The second-order valence-electron chi connectivity index (χ2n) is 8.38. The topological polar surface area (TPSA) is 75.3 Å². The monoisotopic (exact) mass is 491 g/mol. The molecule has 0 spiro atoms. The third kappa shape index (κ3) is 4.73. The Morgan fingerprint density at radius 1 is 1.21 bits per heavy atom. The van der Waals surface area contributed by atoms with Gasteiger partial charge in [-0.05, 0) is 26.0 Å². The second kappa shape index (κ2) is 8.44. The SMILES string of the molecule is CC(C)OC(=O)C1=CN(C(=O)c2cc(F)c(F)cc2Cl)CC(C)(C)c2c(C(F)(F)F)n[nH]c21. The first-order chi connectivity index (χ1) is 15.1. The van der Waals surface area contributed by atoms with Gasteiger partial charge < -0.3 is 9.64 Å². The molecule has 0 atom stereocenters. The van der Waals surface area contributed by atoms with E-state index in [2.05, 4.69) is 10.2 Å². The number of esters is 1. The third-order valence-corrected chi connectivity index (χ3v) is 5.21. The molecular formula is C21H19ClF5N3O3. The van der Waals surface area contributed by atoms with Crippen LogP contribution in [0.5, 0.6) is 0 Å². The summed E-state index contributed by atoms with van der Waals surface area (Å²) in [7, 11) is 0. The van der Waals surface area contributed by atoms with Crippen molar-refractivity contribution in [1.82, 2.24) is 15.1 Å². The zero-order valence-corrected chi connectivity index (χ0v) is 18.7. The maximum Gasteiger partial charge on any atom is 0.435 e. The van der Waals surface area contributed by atoms with Crippen LogP contribution in [0.15, 0.2) is 18.3 Å². The van der Waals surface area contributed by atoms with Gasteiger partial charge in [-0.15, -0.1) is 0 Å². The van der Waals surface area contributed by atoms with E-state index in [0.29, 0.717) is 12.1 Å². The Hall–Kier alpha value is -2.95. The lowest BCUT2D eigenvalue weighted by Gasteiger charge is -2.30. The van der Waals surface area contributed by atoms with Gasteiger partial charge in [0.15, 0.2) is 17.3 Å². The molecule has 0 unspecified atom stereocenters. The molecule has 178 valence electrons. The zero-order chi connectivity index (χ0) is 24.9. The molecule has 6 nitrogen and oxygen atoms in total. The number of benzene rings is 1. The Labute approximate surface area is 190 Å². The van der Waals surface area contributed by atoms with E-state index in [9.17, 15) is 31.5 Å². The minimum Gasteiger partial charge on any atom is -0.459 e. The Morgan fingerprint density at radius 2 is 1.82 bits per heavy atom. The molecule has 0 aliphatic carbocycles. The number of nitrogens with zero attached hydrogens (tertiary/aromatic N) is 2. The number of H-pyrrole nitrogens is 1. The van der Waals surface area contributed by atoms with Crippen molar-refractivity contribution >= 4 is 29.1 Å². The number of carbonyl (C=O) groups excluding carboxylic acids is 2. The molecule has 2 heterocycles. The van der Waals surface area contributed by atoms with Gasteiger partial charge >= 0.3 is 12.1 Å². The number of hydrogen-bond acceptors (Lipinski definition) is 4. The van der Waals surface area contributed by atoms with Crippen LogP contribution in [0.3, 0.4) is 0 Å². The summed E-state index contributed by atoms with van der Waals surface area (Å²) in [5.74, 6) is -4.57. The van der Waals surface area contributed by atoms with Crippen molar-refractivity contribution in [3.63, 3.8) is 0 Å². The molecule has 0 saturated carbocycles. The number of ether oxygens (including phenoxy) is 1. The standard InChI is InChI=1S/C21H19ClF5N3O3/c1-9(2)33-19(32)11-7-30(18(31)10-5-13(23)14(24)6-12(10)22)8-20(3,4)15-16(11)28-29-17(15)21(25,26)27/h5-7,9H,8H2,1-4H3,(H,28,29). The molecule has 1 aliphatic heterocycles. The molecule has 12 heteroatoms. The van der Waals surface area contributed by atoms with Crippen molar-refractivity contribution in [3.8, 4) is 0 Å². The number of hydrogen-bond donors (Lipinski definition) is 1. The van der Waals surface area contributed by atoms with Crippen molar-refractivity contribution in [2.24, 2.45) is 0 Å². The molecule has 1 N–H and O–H groups in total. The lowest BCUT2D eigenvalue weighted by Crippen LogP contribution is -2.38. The fourth-order valence-corrected chi connectivity index (χ4v) is 3.81. The van der Waals surface area contributed by atoms with Gasteiger partial charge in [0.25, 0.3) is 5.91 Å². The van der Waals surface area contributed by atoms with E-state index < -0.39 is 57.5 Å². The Bertz CT molecular complexity index is 1150. The summed E-state index contributed by atoms with van der Waals surface area (Å²) in [4.78, 5) is 26.9. The van der Waals surface area contributed by atoms with Crippen LogP contribution in [0.2, 0.25) is 5.02 Å². The highest BCUT2D eigenvalue weighted by atomic mass is 35.5. The summed E-state index contributed by atoms with van der Waals surface area (Å²) in [5.41, 5.74) is -4.05. The van der Waals surface area contributed by atoms with Crippen LogP contribution in [0, 0.1) is 11.6 Å². The zero-order valence-electron chi connectivity index (χ0n) is 17.9. The summed E-state index contributed by atoms with van der Waals surface area (Å²) in [5, 5.41) is 5.21. The number of aromatic nitrogens is 2. The number of halogens is 6. The van der Waals surface area contributed by atoms with Crippen molar-refractivity contribution in [3.05, 3.63) is 57.5 Å². The van der Waals surface area contributed by atoms with Gasteiger partial charge in [-0.2, -0.15) is 18.3 Å². The number of nitrogens with one attached hydrogen (secondary N) is 1. The molecule has 0 bridgehead atoms. The van der Waals surface area contributed by atoms with E-state index in [1.165, 1.54) is 27.7 Å². The molecule has 1 aromatic carbocycles. The van der Waals surface area contributed by atoms with E-state index in [4.69, 9.17) is 16.3 Å². The predicted molar refractivity (Wildman–Crippen MR) is 108 cm³/mol. The average molecular weight is 492 g/mol. The van der Waals surface area contributed by atoms with Crippen molar-refractivity contribution in [1.29, 1.82) is 0 Å². The highest BCUT2D eigenvalue weighted by molar-refractivity contribution is 6.34. The fourth-order valence-electron chi connectivity index (χ4n) is 3.58. The number of alkyl halides is 3. The predicted octanol–water partition coefficient (Wildman–Crippen LogP) is 5.09. The second-order valence-corrected chi connectivity index (χ2v) is 8.79. The minimum absolute atomic E-state index is 0.260. The molecule has 0 fully saturated rings. The van der Waals surface area contributed by atoms with Crippen molar-refractivity contribution < 1.29 is 36.3 Å². The Kier molecular flexibility index (Phi) is 6.31. The quantitative estimate of drug-likeness (QED) is 0.369. The summed E-state index contributed by atoms with van der Waals surface area (Å²) < 4.78 is 73.5.